The summed E-state index contributed by atoms with van der Waals surface area (Å²) in [5.41, 5.74) is 2.94. The zero-order chi connectivity index (χ0) is 22.7. The number of hydrogen-bond donors (Lipinski definition) is 2. The molecule has 2 aliphatic rings. The molecule has 0 spiro atoms. The Morgan fingerprint density at radius 3 is 2.72 bits per heavy atom. The number of carboxylic acid groups (broad SMARTS) is 1. The second-order valence-electron chi connectivity index (χ2n) is 8.04. The van der Waals surface area contributed by atoms with E-state index in [1.807, 2.05) is 31.2 Å². The molecule has 2 N–H and O–H groups in total. The van der Waals surface area contributed by atoms with E-state index in [4.69, 9.17) is 9.47 Å². The standard InChI is InChI=1S/C25H28N2O5/c1-3-14-32-25(30)27-13-5-6-19-22(16-7-10-18(11-8-16)31-4-2)26-21-12-9-17(24(28)29)15-20(21)23(19)27/h3,7-12,15,19,22-23,26H,1,4-6,13-14H2,2H3,(H,28,29)/t19-,22?,23-/m0/s1. The molecule has 1 unspecified atom stereocenters. The van der Waals surface area contributed by atoms with E-state index in [2.05, 4.69) is 11.9 Å². The summed E-state index contributed by atoms with van der Waals surface area (Å²) >= 11 is 0. The van der Waals surface area contributed by atoms with Gasteiger partial charge in [-0.25, -0.2) is 9.59 Å². The molecule has 1 saturated heterocycles. The minimum absolute atomic E-state index is 0.0335. The lowest BCUT2D eigenvalue weighted by molar-refractivity contribution is 0.0505. The molecule has 3 atom stereocenters. The number of aromatic carboxylic acids is 1. The number of fused-ring (bicyclic) bond motifs is 3. The number of carbonyl (C=O) groups is 2. The maximum atomic E-state index is 12.9. The Hall–Kier alpha value is -3.48. The molecule has 7 heteroatoms. The molecule has 2 aliphatic heterocycles. The van der Waals surface area contributed by atoms with Gasteiger partial charge in [-0.2, -0.15) is 0 Å². The summed E-state index contributed by atoms with van der Waals surface area (Å²) < 4.78 is 11.0. The van der Waals surface area contributed by atoms with Crippen molar-refractivity contribution in [1.82, 2.24) is 4.90 Å². The van der Waals surface area contributed by atoms with E-state index in [1.54, 1.807) is 29.2 Å². The topological polar surface area (TPSA) is 88.1 Å². The fraction of sp³-hybridized carbons (Fsp3) is 0.360. The Balaban J connectivity index is 1.75. The van der Waals surface area contributed by atoms with Gasteiger partial charge in [-0.1, -0.05) is 24.8 Å². The lowest BCUT2D eigenvalue weighted by Gasteiger charge is -2.48. The molecule has 168 valence electrons. The highest BCUT2D eigenvalue weighted by atomic mass is 16.6. The largest absolute Gasteiger partial charge is 0.494 e. The zero-order valence-electron chi connectivity index (χ0n) is 18.1. The van der Waals surface area contributed by atoms with Crippen LogP contribution in [0.5, 0.6) is 5.75 Å². The normalized spacial score (nSPS) is 21.5. The maximum absolute atomic E-state index is 12.9. The maximum Gasteiger partial charge on any atom is 0.410 e. The fourth-order valence-electron chi connectivity index (χ4n) is 4.81. The van der Waals surface area contributed by atoms with Crippen LogP contribution in [0.4, 0.5) is 10.5 Å². The summed E-state index contributed by atoms with van der Waals surface area (Å²) in [4.78, 5) is 26.3. The van der Waals surface area contributed by atoms with Crippen molar-refractivity contribution >= 4 is 17.7 Å². The van der Waals surface area contributed by atoms with Gasteiger partial charge < -0.3 is 24.8 Å². The van der Waals surface area contributed by atoms with Crippen molar-refractivity contribution in [2.75, 3.05) is 25.1 Å². The number of amides is 1. The van der Waals surface area contributed by atoms with Crippen LogP contribution in [0, 0.1) is 5.92 Å². The summed E-state index contributed by atoms with van der Waals surface area (Å²) in [5.74, 6) is -0.113. The van der Waals surface area contributed by atoms with Gasteiger partial charge in [-0.05, 0) is 61.2 Å². The van der Waals surface area contributed by atoms with Crippen molar-refractivity contribution < 1.29 is 24.2 Å². The molecule has 0 radical (unpaired) electrons. The Kier molecular flexibility index (Phi) is 6.35. The van der Waals surface area contributed by atoms with E-state index in [0.29, 0.717) is 13.2 Å². The predicted molar refractivity (Wildman–Crippen MR) is 121 cm³/mol. The van der Waals surface area contributed by atoms with E-state index in [1.165, 1.54) is 0 Å². The second-order valence-corrected chi connectivity index (χ2v) is 8.04. The zero-order valence-corrected chi connectivity index (χ0v) is 18.1. The van der Waals surface area contributed by atoms with E-state index >= 15 is 0 Å². The highest BCUT2D eigenvalue weighted by Gasteiger charge is 2.45. The van der Waals surface area contributed by atoms with Crippen molar-refractivity contribution in [3.8, 4) is 5.75 Å². The third kappa shape index (κ3) is 4.15. The van der Waals surface area contributed by atoms with Gasteiger partial charge in [-0.3, -0.25) is 0 Å². The predicted octanol–water partition coefficient (Wildman–Crippen LogP) is 5.03. The van der Waals surface area contributed by atoms with Crippen LogP contribution in [0.1, 0.15) is 53.3 Å². The Morgan fingerprint density at radius 2 is 2.03 bits per heavy atom. The summed E-state index contributed by atoms with van der Waals surface area (Å²) in [6.45, 7) is 6.86. The molecule has 1 fully saturated rings. The molecule has 0 aromatic heterocycles. The number of nitrogens with zero attached hydrogens (tertiary/aromatic N) is 1. The van der Waals surface area contributed by atoms with Crippen LogP contribution in [-0.4, -0.2) is 41.8 Å². The highest BCUT2D eigenvalue weighted by Crippen LogP contribution is 2.50. The fourth-order valence-corrected chi connectivity index (χ4v) is 4.81. The summed E-state index contributed by atoms with van der Waals surface area (Å²) in [6, 6.07) is 12.7. The van der Waals surface area contributed by atoms with Gasteiger partial charge in [-0.15, -0.1) is 0 Å². The number of rotatable bonds is 6. The van der Waals surface area contributed by atoms with Crippen molar-refractivity contribution in [2.24, 2.45) is 5.92 Å². The van der Waals surface area contributed by atoms with Gasteiger partial charge in [0.1, 0.15) is 12.4 Å². The van der Waals surface area contributed by atoms with Crippen molar-refractivity contribution in [3.05, 3.63) is 71.8 Å². The SMILES string of the molecule is C=CCOC(=O)N1CCC[C@H]2C(c3ccc(OCC)cc3)Nc3ccc(C(=O)O)cc3[C@H]21. The Bertz CT molecular complexity index is 1000. The summed E-state index contributed by atoms with van der Waals surface area (Å²) in [7, 11) is 0. The van der Waals surface area contributed by atoms with Crippen LogP contribution in [-0.2, 0) is 4.74 Å². The molecule has 2 heterocycles. The van der Waals surface area contributed by atoms with Crippen LogP contribution < -0.4 is 10.1 Å². The number of ether oxygens (including phenoxy) is 2. The summed E-state index contributed by atoms with van der Waals surface area (Å²) in [5, 5.41) is 13.1. The molecule has 0 aliphatic carbocycles. The van der Waals surface area contributed by atoms with Gasteiger partial charge in [0.25, 0.3) is 0 Å². The number of carbonyl (C=O) groups excluding carboxylic acids is 1. The Labute approximate surface area is 187 Å². The minimum Gasteiger partial charge on any atom is -0.494 e. The van der Waals surface area contributed by atoms with E-state index < -0.39 is 12.1 Å². The van der Waals surface area contributed by atoms with Crippen LogP contribution >= 0.6 is 0 Å². The molecule has 2 aromatic carbocycles. The molecule has 7 nitrogen and oxygen atoms in total. The number of benzene rings is 2. The molecular formula is C25H28N2O5. The van der Waals surface area contributed by atoms with Gasteiger partial charge in [0.05, 0.1) is 24.3 Å². The molecule has 0 saturated carbocycles. The van der Waals surface area contributed by atoms with Crippen molar-refractivity contribution in [2.45, 2.75) is 31.8 Å². The first-order valence-corrected chi connectivity index (χ1v) is 10.9. The second kappa shape index (κ2) is 9.34. The van der Waals surface area contributed by atoms with Crippen LogP contribution in [0.15, 0.2) is 55.1 Å². The first kappa shape index (κ1) is 21.7. The third-order valence-electron chi connectivity index (χ3n) is 6.14. The third-order valence-corrected chi connectivity index (χ3v) is 6.14. The van der Waals surface area contributed by atoms with Gasteiger partial charge in [0.15, 0.2) is 0 Å². The summed E-state index contributed by atoms with van der Waals surface area (Å²) in [6.07, 6.45) is 2.88. The van der Waals surface area contributed by atoms with Gasteiger partial charge in [0, 0.05) is 18.2 Å². The number of carboxylic acids is 1. The lowest BCUT2D eigenvalue weighted by atomic mass is 9.74. The molecule has 2 aromatic rings. The van der Waals surface area contributed by atoms with Crippen LogP contribution in [0.25, 0.3) is 0 Å². The molecule has 0 bridgehead atoms. The van der Waals surface area contributed by atoms with Gasteiger partial charge in [0.2, 0.25) is 0 Å². The van der Waals surface area contributed by atoms with E-state index in [9.17, 15) is 14.7 Å². The number of likely N-dealkylation sites (tertiary alicyclic amines) is 1. The molecule has 32 heavy (non-hydrogen) atoms. The lowest BCUT2D eigenvalue weighted by Crippen LogP contribution is -2.48. The number of piperidine rings is 1. The van der Waals surface area contributed by atoms with E-state index in [0.717, 1.165) is 35.4 Å². The number of hydrogen-bond acceptors (Lipinski definition) is 5. The quantitative estimate of drug-likeness (QED) is 0.618. The highest BCUT2D eigenvalue weighted by molar-refractivity contribution is 5.89. The van der Waals surface area contributed by atoms with Crippen molar-refractivity contribution in [3.63, 3.8) is 0 Å². The molecule has 1 amide bonds. The Morgan fingerprint density at radius 1 is 1.25 bits per heavy atom. The average molecular weight is 437 g/mol. The first-order valence-electron chi connectivity index (χ1n) is 10.9. The van der Waals surface area contributed by atoms with Crippen LogP contribution in [0.2, 0.25) is 0 Å². The van der Waals surface area contributed by atoms with Gasteiger partial charge >= 0.3 is 12.1 Å². The molecule has 4 rings (SSSR count). The monoisotopic (exact) mass is 436 g/mol. The number of nitrogens with one attached hydrogen (secondary N) is 1. The van der Waals surface area contributed by atoms with Crippen molar-refractivity contribution in [1.29, 1.82) is 0 Å². The van der Waals surface area contributed by atoms with E-state index in [-0.39, 0.29) is 30.2 Å². The average Bonchev–Trinajstić information content (AvgIpc) is 2.82. The first-order chi connectivity index (χ1) is 15.5. The molecular weight excluding hydrogens is 408 g/mol. The van der Waals surface area contributed by atoms with Crippen LogP contribution in [0.3, 0.4) is 0 Å². The minimum atomic E-state index is -0.991. The smallest absolute Gasteiger partial charge is 0.410 e. The number of anilines is 1.